The molecule has 0 aliphatic carbocycles. The third-order valence-corrected chi connectivity index (χ3v) is 10.9. The molecule has 3 nitrogen and oxygen atoms in total. The summed E-state index contributed by atoms with van der Waals surface area (Å²) in [7, 11) is 0. The van der Waals surface area contributed by atoms with Crippen LogP contribution in [0.15, 0.2) is 173 Å². The molecule has 0 fully saturated rings. The van der Waals surface area contributed by atoms with Gasteiger partial charge in [0.2, 0.25) is 0 Å². The van der Waals surface area contributed by atoms with Gasteiger partial charge < -0.3 is 14.2 Å². The highest BCUT2D eigenvalue weighted by atomic mass is 16.3. The lowest BCUT2D eigenvalue weighted by atomic mass is 9.85. The Morgan fingerprint density at radius 3 is 1.85 bits per heavy atom. The van der Waals surface area contributed by atoms with Gasteiger partial charge in [-0.05, 0) is 111 Å². The zero-order valence-corrected chi connectivity index (χ0v) is 28.4. The van der Waals surface area contributed by atoms with Crippen molar-refractivity contribution in [1.29, 1.82) is 0 Å². The number of furan rings is 2. The first kappa shape index (κ1) is 28.9. The van der Waals surface area contributed by atoms with Crippen LogP contribution < -0.4 is 5.32 Å². The summed E-state index contributed by atoms with van der Waals surface area (Å²) in [5.41, 5.74) is 18.5. The van der Waals surface area contributed by atoms with Gasteiger partial charge in [-0.2, -0.15) is 0 Å². The van der Waals surface area contributed by atoms with Crippen molar-refractivity contribution in [1.82, 2.24) is 0 Å². The van der Waals surface area contributed by atoms with E-state index in [1.807, 2.05) is 12.1 Å². The van der Waals surface area contributed by atoms with E-state index in [0.29, 0.717) is 0 Å². The highest BCUT2D eigenvalue weighted by Gasteiger charge is 2.22. The Hall–Kier alpha value is -6.84. The maximum Gasteiger partial charge on any atom is 0.137 e. The average molecular weight is 666 g/mol. The standard InChI is InChI=1S/C49H31NO2/c1-29-34-13-7-14-35(29)39-15-8-18-46-48(39)49-42(16-9-19-47(49)52-46)50-43-28-33(32-22-25-45-41(27-32)38-12-5-6-17-44(38)51-45)21-24-37(43)40-26-31(20-23-36(34)40)30-10-3-2-4-11-30/h2-28,50H,1H3. The molecule has 0 unspecified atom stereocenters. The van der Waals surface area contributed by atoms with E-state index in [1.165, 1.54) is 44.5 Å². The first-order valence-corrected chi connectivity index (χ1v) is 17.8. The summed E-state index contributed by atoms with van der Waals surface area (Å²) in [4.78, 5) is 0. The smallest absolute Gasteiger partial charge is 0.137 e. The average Bonchev–Trinajstić information content (AvgIpc) is 3.77. The van der Waals surface area contributed by atoms with Crippen LogP contribution in [0.25, 0.3) is 99.5 Å². The third kappa shape index (κ3) is 4.33. The molecule has 2 aromatic heterocycles. The minimum Gasteiger partial charge on any atom is -0.456 e. The Bertz CT molecular complexity index is 3050. The van der Waals surface area contributed by atoms with E-state index < -0.39 is 0 Å². The van der Waals surface area contributed by atoms with E-state index in [-0.39, 0.29) is 0 Å². The van der Waals surface area contributed by atoms with Crippen molar-refractivity contribution < 1.29 is 8.83 Å². The molecule has 0 saturated carbocycles. The molecule has 1 aliphatic heterocycles. The number of fused-ring (bicyclic) bond motifs is 10. The molecule has 1 N–H and O–H groups in total. The molecule has 52 heavy (non-hydrogen) atoms. The predicted molar refractivity (Wildman–Crippen MR) is 216 cm³/mol. The van der Waals surface area contributed by atoms with Gasteiger partial charge in [0.05, 0.1) is 11.1 Å². The maximum absolute atomic E-state index is 6.55. The van der Waals surface area contributed by atoms with Crippen molar-refractivity contribution >= 4 is 55.3 Å². The van der Waals surface area contributed by atoms with Crippen LogP contribution in [0.3, 0.4) is 0 Å². The zero-order valence-electron chi connectivity index (χ0n) is 28.4. The second-order valence-corrected chi connectivity index (χ2v) is 13.8. The van der Waals surface area contributed by atoms with Gasteiger partial charge in [-0.1, -0.05) is 115 Å². The molecular formula is C49H31NO2. The first-order chi connectivity index (χ1) is 25.7. The predicted octanol–water partition coefficient (Wildman–Crippen LogP) is 14.2. The number of hydrogen-bond acceptors (Lipinski definition) is 3. The van der Waals surface area contributed by atoms with Crippen molar-refractivity contribution in [2.75, 3.05) is 5.32 Å². The van der Waals surface area contributed by atoms with Crippen LogP contribution in [0.5, 0.6) is 0 Å². The molecular weight excluding hydrogens is 635 g/mol. The second kappa shape index (κ2) is 11.1. The van der Waals surface area contributed by atoms with Crippen LogP contribution >= 0.6 is 0 Å². The fourth-order valence-corrected chi connectivity index (χ4v) is 8.34. The van der Waals surface area contributed by atoms with E-state index in [2.05, 4.69) is 164 Å². The molecule has 0 radical (unpaired) electrons. The van der Waals surface area contributed by atoms with Gasteiger partial charge in [0.15, 0.2) is 0 Å². The van der Waals surface area contributed by atoms with Crippen LogP contribution in [0.4, 0.5) is 11.4 Å². The largest absolute Gasteiger partial charge is 0.456 e. The third-order valence-electron chi connectivity index (χ3n) is 10.9. The number of anilines is 2. The number of hydrogen-bond donors (Lipinski definition) is 1. The summed E-state index contributed by atoms with van der Waals surface area (Å²) in [5.74, 6) is 0. The van der Waals surface area contributed by atoms with E-state index in [9.17, 15) is 0 Å². The minimum atomic E-state index is 0.861. The van der Waals surface area contributed by atoms with E-state index in [0.717, 1.165) is 71.9 Å². The topological polar surface area (TPSA) is 38.3 Å². The van der Waals surface area contributed by atoms with Crippen molar-refractivity contribution in [3.8, 4) is 55.6 Å². The molecule has 0 atom stereocenters. The first-order valence-electron chi connectivity index (χ1n) is 17.8. The molecule has 0 spiro atoms. The molecule has 10 aromatic rings. The SMILES string of the molecule is Cc1c2cccc1-c1cccc3oc4cccc(c4c13)Nc1cc(-c3ccc4oc5ccccc5c4c3)ccc1-c1cc(-c3ccccc3)ccc1-2. The lowest BCUT2D eigenvalue weighted by Gasteiger charge is -2.22. The molecule has 244 valence electrons. The second-order valence-electron chi connectivity index (χ2n) is 13.8. The summed E-state index contributed by atoms with van der Waals surface area (Å²) < 4.78 is 12.7. The molecule has 3 heterocycles. The number of para-hydroxylation sites is 1. The van der Waals surface area contributed by atoms with Crippen molar-refractivity contribution in [2.45, 2.75) is 6.92 Å². The number of nitrogens with one attached hydrogen (secondary N) is 1. The summed E-state index contributed by atoms with van der Waals surface area (Å²) >= 11 is 0. The highest BCUT2D eigenvalue weighted by Crippen LogP contribution is 2.48. The van der Waals surface area contributed by atoms with Crippen molar-refractivity contribution in [3.05, 3.63) is 169 Å². The van der Waals surface area contributed by atoms with Gasteiger partial charge in [0.25, 0.3) is 0 Å². The van der Waals surface area contributed by atoms with Gasteiger partial charge >= 0.3 is 0 Å². The van der Waals surface area contributed by atoms with Crippen LogP contribution in [0.2, 0.25) is 0 Å². The molecule has 1 aliphatic rings. The van der Waals surface area contributed by atoms with E-state index in [4.69, 9.17) is 8.83 Å². The van der Waals surface area contributed by atoms with Gasteiger partial charge in [-0.25, -0.2) is 0 Å². The normalized spacial score (nSPS) is 12.1. The Balaban J connectivity index is 1.23. The monoisotopic (exact) mass is 665 g/mol. The molecule has 0 amide bonds. The fraction of sp³-hybridized carbons (Fsp3) is 0.0204. The van der Waals surface area contributed by atoms with E-state index >= 15 is 0 Å². The minimum absolute atomic E-state index is 0.861. The molecule has 2 bridgehead atoms. The molecule has 3 heteroatoms. The summed E-state index contributed by atoms with van der Waals surface area (Å²) in [6.45, 7) is 2.26. The van der Waals surface area contributed by atoms with Crippen LogP contribution in [-0.2, 0) is 0 Å². The maximum atomic E-state index is 6.55. The Morgan fingerprint density at radius 2 is 0.962 bits per heavy atom. The Kier molecular flexibility index (Phi) is 6.17. The molecule has 0 saturated heterocycles. The molecule has 11 rings (SSSR count). The number of rotatable bonds is 2. The quantitative estimate of drug-likeness (QED) is 0.200. The van der Waals surface area contributed by atoms with Crippen molar-refractivity contribution in [2.24, 2.45) is 0 Å². The van der Waals surface area contributed by atoms with Crippen LogP contribution in [0, 0.1) is 6.92 Å². The lowest BCUT2D eigenvalue weighted by Crippen LogP contribution is -1.99. The zero-order chi connectivity index (χ0) is 34.3. The van der Waals surface area contributed by atoms with Gasteiger partial charge in [0, 0.05) is 27.4 Å². The van der Waals surface area contributed by atoms with E-state index in [1.54, 1.807) is 0 Å². The van der Waals surface area contributed by atoms with Crippen LogP contribution in [-0.4, -0.2) is 0 Å². The summed E-state index contributed by atoms with van der Waals surface area (Å²) in [6, 6.07) is 58.6. The fourth-order valence-electron chi connectivity index (χ4n) is 8.34. The lowest BCUT2D eigenvalue weighted by molar-refractivity contribution is 0.668. The summed E-state index contributed by atoms with van der Waals surface area (Å²) in [5, 5.41) is 8.41. The van der Waals surface area contributed by atoms with Gasteiger partial charge in [0.1, 0.15) is 22.3 Å². The Morgan fingerprint density at radius 1 is 0.346 bits per heavy atom. The Labute approximate surface area is 300 Å². The van der Waals surface area contributed by atoms with Gasteiger partial charge in [-0.3, -0.25) is 0 Å². The van der Waals surface area contributed by atoms with Gasteiger partial charge in [-0.15, -0.1) is 0 Å². The molecule has 8 aromatic carbocycles. The highest BCUT2D eigenvalue weighted by molar-refractivity contribution is 6.18. The van der Waals surface area contributed by atoms with Crippen LogP contribution in [0.1, 0.15) is 5.56 Å². The van der Waals surface area contributed by atoms with Crippen molar-refractivity contribution in [3.63, 3.8) is 0 Å². The number of benzene rings is 8. The summed E-state index contributed by atoms with van der Waals surface area (Å²) in [6.07, 6.45) is 0.